The first-order valence-corrected chi connectivity index (χ1v) is 8.69. The van der Waals surface area contributed by atoms with Crippen LogP contribution in [0.2, 0.25) is 0 Å². The molecule has 20 heavy (non-hydrogen) atoms. The Morgan fingerprint density at radius 1 is 0.950 bits per heavy atom. The number of benzene rings is 1. The predicted molar refractivity (Wildman–Crippen MR) is 83.9 cm³/mol. The number of aryl methyl sites for hydroxylation is 2. The van der Waals surface area contributed by atoms with E-state index in [9.17, 15) is 0 Å². The van der Waals surface area contributed by atoms with Crippen molar-refractivity contribution in [1.82, 2.24) is 5.32 Å². The minimum atomic E-state index is 0.522. The highest BCUT2D eigenvalue weighted by atomic mass is 15.0. The zero-order valence-electron chi connectivity index (χ0n) is 12.7. The number of hydrogen-bond acceptors (Lipinski definition) is 1. The van der Waals surface area contributed by atoms with Crippen molar-refractivity contribution in [2.24, 2.45) is 11.8 Å². The first-order chi connectivity index (χ1) is 9.81. The maximum atomic E-state index is 3.96. The lowest BCUT2D eigenvalue weighted by molar-refractivity contribution is 0.377. The topological polar surface area (TPSA) is 12.0 Å². The van der Waals surface area contributed by atoms with Crippen LogP contribution >= 0.6 is 0 Å². The van der Waals surface area contributed by atoms with Gasteiger partial charge in [0.1, 0.15) is 0 Å². The Balaban J connectivity index is 1.48. The summed E-state index contributed by atoms with van der Waals surface area (Å²) >= 11 is 0. The fraction of sp³-hybridized carbons (Fsp3) is 0.684. The van der Waals surface area contributed by atoms with Crippen LogP contribution in [0.25, 0.3) is 0 Å². The molecule has 0 heterocycles. The van der Waals surface area contributed by atoms with Crippen molar-refractivity contribution in [3.8, 4) is 0 Å². The van der Waals surface area contributed by atoms with Crippen LogP contribution in [-0.4, -0.2) is 6.04 Å². The quantitative estimate of drug-likeness (QED) is 0.835. The van der Waals surface area contributed by atoms with E-state index < -0.39 is 0 Å². The summed E-state index contributed by atoms with van der Waals surface area (Å²) in [7, 11) is 0. The molecule has 0 amide bonds. The molecule has 1 aromatic rings. The Kier molecular flexibility index (Phi) is 3.34. The highest BCUT2D eigenvalue weighted by molar-refractivity contribution is 5.35. The van der Waals surface area contributed by atoms with Gasteiger partial charge in [0.25, 0.3) is 0 Å². The molecule has 1 nitrogen and oxygen atoms in total. The third-order valence-electron chi connectivity index (χ3n) is 5.57. The standard InChI is InChI=1S/C19H27N/c1-13(20-19(15-7-8-15)16-9-10-16)17-11-6-14-4-2-3-5-18(14)12-17/h6,11-13,15-16,19-20H,2-5,7-10H2,1H3. The van der Waals surface area contributed by atoms with E-state index in [2.05, 4.69) is 30.4 Å². The van der Waals surface area contributed by atoms with Crippen LogP contribution < -0.4 is 5.32 Å². The zero-order chi connectivity index (χ0) is 13.5. The zero-order valence-corrected chi connectivity index (χ0v) is 12.7. The third kappa shape index (κ3) is 2.65. The Morgan fingerprint density at radius 2 is 1.60 bits per heavy atom. The second-order valence-electron chi connectivity index (χ2n) is 7.32. The maximum absolute atomic E-state index is 3.96. The maximum Gasteiger partial charge on any atom is 0.0294 e. The monoisotopic (exact) mass is 269 g/mol. The molecule has 1 N–H and O–H groups in total. The van der Waals surface area contributed by atoms with Crippen LogP contribution in [0.15, 0.2) is 18.2 Å². The van der Waals surface area contributed by atoms with Gasteiger partial charge in [0.05, 0.1) is 0 Å². The minimum absolute atomic E-state index is 0.522. The van der Waals surface area contributed by atoms with Crippen LogP contribution in [-0.2, 0) is 12.8 Å². The average molecular weight is 269 g/mol. The Morgan fingerprint density at radius 3 is 2.25 bits per heavy atom. The second kappa shape index (κ2) is 5.18. The lowest BCUT2D eigenvalue weighted by Gasteiger charge is -2.25. The summed E-state index contributed by atoms with van der Waals surface area (Å²) in [5.41, 5.74) is 4.74. The van der Waals surface area contributed by atoms with E-state index in [-0.39, 0.29) is 0 Å². The molecule has 1 heteroatoms. The molecule has 0 radical (unpaired) electrons. The van der Waals surface area contributed by atoms with Crippen molar-refractivity contribution in [2.45, 2.75) is 70.4 Å². The van der Waals surface area contributed by atoms with Crippen molar-refractivity contribution in [3.05, 3.63) is 34.9 Å². The lowest BCUT2D eigenvalue weighted by atomic mass is 9.89. The summed E-state index contributed by atoms with van der Waals surface area (Å²) in [6.45, 7) is 2.36. The van der Waals surface area contributed by atoms with Gasteiger partial charge in [-0.15, -0.1) is 0 Å². The molecule has 1 atom stereocenters. The van der Waals surface area contributed by atoms with Gasteiger partial charge in [-0.25, -0.2) is 0 Å². The van der Waals surface area contributed by atoms with E-state index in [0.717, 1.165) is 17.9 Å². The normalized spacial score (nSPS) is 23.7. The average Bonchev–Trinajstić information content (AvgIpc) is 3.37. The van der Waals surface area contributed by atoms with Crippen LogP contribution in [0, 0.1) is 11.8 Å². The molecule has 3 aliphatic carbocycles. The minimum Gasteiger partial charge on any atom is -0.307 e. The van der Waals surface area contributed by atoms with Crippen LogP contribution in [0.1, 0.15) is 68.2 Å². The van der Waals surface area contributed by atoms with E-state index >= 15 is 0 Å². The van der Waals surface area contributed by atoms with E-state index in [4.69, 9.17) is 0 Å². The molecule has 1 aromatic carbocycles. The molecular weight excluding hydrogens is 242 g/mol. The molecule has 0 saturated heterocycles. The van der Waals surface area contributed by atoms with E-state index in [1.54, 1.807) is 11.1 Å². The van der Waals surface area contributed by atoms with E-state index in [0.29, 0.717) is 6.04 Å². The van der Waals surface area contributed by atoms with Gasteiger partial charge in [-0.3, -0.25) is 0 Å². The van der Waals surface area contributed by atoms with Gasteiger partial charge in [0, 0.05) is 12.1 Å². The molecular formula is C19H27N. The van der Waals surface area contributed by atoms with E-state index in [1.165, 1.54) is 56.9 Å². The summed E-state index contributed by atoms with van der Waals surface area (Å²) in [6, 6.07) is 8.59. The van der Waals surface area contributed by atoms with Gasteiger partial charge in [-0.05, 0) is 86.8 Å². The van der Waals surface area contributed by atoms with Gasteiger partial charge >= 0.3 is 0 Å². The summed E-state index contributed by atoms with van der Waals surface area (Å²) < 4.78 is 0. The molecule has 1 unspecified atom stereocenters. The molecule has 3 aliphatic rings. The Labute approximate surface area is 123 Å². The Hall–Kier alpha value is -0.820. The van der Waals surface area contributed by atoms with Gasteiger partial charge in [-0.1, -0.05) is 18.2 Å². The first-order valence-electron chi connectivity index (χ1n) is 8.69. The number of fused-ring (bicyclic) bond motifs is 1. The van der Waals surface area contributed by atoms with E-state index in [1.807, 2.05) is 0 Å². The smallest absolute Gasteiger partial charge is 0.0294 e. The van der Waals surface area contributed by atoms with Gasteiger partial charge < -0.3 is 5.32 Å². The molecule has 4 rings (SSSR count). The van der Waals surface area contributed by atoms with Crippen LogP contribution in [0.4, 0.5) is 0 Å². The summed E-state index contributed by atoms with van der Waals surface area (Å²) in [5, 5.41) is 3.96. The fourth-order valence-corrected chi connectivity index (χ4v) is 3.98. The van der Waals surface area contributed by atoms with Crippen LogP contribution in [0.5, 0.6) is 0 Å². The molecule has 2 fully saturated rings. The van der Waals surface area contributed by atoms with Crippen molar-refractivity contribution in [3.63, 3.8) is 0 Å². The third-order valence-corrected chi connectivity index (χ3v) is 5.57. The van der Waals surface area contributed by atoms with Crippen molar-refractivity contribution in [2.75, 3.05) is 0 Å². The highest BCUT2D eigenvalue weighted by Crippen LogP contribution is 2.45. The number of hydrogen-bond donors (Lipinski definition) is 1. The largest absolute Gasteiger partial charge is 0.307 e. The molecule has 0 aromatic heterocycles. The van der Waals surface area contributed by atoms with Gasteiger partial charge in [0.2, 0.25) is 0 Å². The number of rotatable bonds is 5. The number of nitrogens with one attached hydrogen (secondary N) is 1. The van der Waals surface area contributed by atoms with Crippen molar-refractivity contribution < 1.29 is 0 Å². The molecule has 2 saturated carbocycles. The first kappa shape index (κ1) is 12.9. The second-order valence-corrected chi connectivity index (χ2v) is 7.32. The summed E-state index contributed by atoms with van der Waals surface area (Å²) in [6.07, 6.45) is 11.2. The summed E-state index contributed by atoms with van der Waals surface area (Å²) in [4.78, 5) is 0. The molecule has 0 bridgehead atoms. The Bertz CT molecular complexity index is 473. The van der Waals surface area contributed by atoms with Crippen molar-refractivity contribution in [1.29, 1.82) is 0 Å². The SMILES string of the molecule is CC(NC(C1CC1)C1CC1)c1ccc2c(c1)CCCC2. The van der Waals surface area contributed by atoms with Gasteiger partial charge in [0.15, 0.2) is 0 Å². The van der Waals surface area contributed by atoms with Crippen LogP contribution in [0.3, 0.4) is 0 Å². The molecule has 0 spiro atoms. The predicted octanol–water partition coefficient (Wildman–Crippen LogP) is 4.40. The van der Waals surface area contributed by atoms with Crippen molar-refractivity contribution >= 4 is 0 Å². The van der Waals surface area contributed by atoms with Gasteiger partial charge in [-0.2, -0.15) is 0 Å². The molecule has 0 aliphatic heterocycles. The highest BCUT2D eigenvalue weighted by Gasteiger charge is 2.41. The summed E-state index contributed by atoms with van der Waals surface area (Å²) in [5.74, 6) is 1.98. The molecule has 108 valence electrons. The lowest BCUT2D eigenvalue weighted by Crippen LogP contribution is -2.35. The fourth-order valence-electron chi connectivity index (χ4n) is 3.98.